The van der Waals surface area contributed by atoms with Crippen LogP contribution in [0.15, 0.2) is 24.3 Å². The molecule has 1 atom stereocenters. The molecule has 2 amide bonds. The van der Waals surface area contributed by atoms with Gasteiger partial charge < -0.3 is 15.5 Å². The van der Waals surface area contributed by atoms with Crippen molar-refractivity contribution in [1.29, 1.82) is 0 Å². The van der Waals surface area contributed by atoms with E-state index in [0.717, 1.165) is 5.17 Å². The van der Waals surface area contributed by atoms with Crippen LogP contribution in [-0.4, -0.2) is 35.6 Å². The molecule has 1 aliphatic rings. The normalized spacial score (nSPS) is 15.9. The number of hydrazine groups is 1. The second kappa shape index (κ2) is 5.00. The van der Waals surface area contributed by atoms with Crippen LogP contribution in [0.4, 0.5) is 16.2 Å². The number of benzene rings is 1. The molecule has 1 aromatic rings. The third-order valence-corrected chi connectivity index (χ3v) is 2.18. The van der Waals surface area contributed by atoms with Crippen molar-refractivity contribution < 1.29 is 19.8 Å². The number of nitrogens with zero attached hydrogens (tertiary/aromatic N) is 1. The minimum absolute atomic E-state index is 0.120. The summed E-state index contributed by atoms with van der Waals surface area (Å²) in [7, 11) is 0. The van der Waals surface area contributed by atoms with Crippen molar-refractivity contribution in [3.05, 3.63) is 24.3 Å². The van der Waals surface area contributed by atoms with Crippen molar-refractivity contribution in [3.8, 4) is 0 Å². The van der Waals surface area contributed by atoms with Gasteiger partial charge in [0, 0.05) is 0 Å². The number of hydrogen-bond donors (Lipinski definition) is 4. The number of aliphatic hydroxyl groups excluding tert-OH is 2. The Morgan fingerprint density at radius 2 is 2.18 bits per heavy atom. The summed E-state index contributed by atoms with van der Waals surface area (Å²) in [5, 5.41) is 21.6. The van der Waals surface area contributed by atoms with E-state index in [1.165, 1.54) is 0 Å². The maximum absolute atomic E-state index is 11.3. The first-order valence-electron chi connectivity index (χ1n) is 5.09. The molecule has 2 rings (SSSR count). The first-order valence-corrected chi connectivity index (χ1v) is 5.09. The Balaban J connectivity index is 2.10. The number of para-hydroxylation sites is 2. The van der Waals surface area contributed by atoms with Gasteiger partial charge in [0.15, 0.2) is 0 Å². The van der Waals surface area contributed by atoms with Gasteiger partial charge in [0.2, 0.25) is 0 Å². The number of carbonyl (C=O) groups is 1. The van der Waals surface area contributed by atoms with E-state index in [1.54, 1.807) is 24.3 Å². The topological polar surface area (TPSA) is 94.1 Å². The first kappa shape index (κ1) is 11.6. The fraction of sp³-hybridized carbons (Fsp3) is 0.300. The van der Waals surface area contributed by atoms with Crippen LogP contribution in [0.5, 0.6) is 0 Å². The minimum atomic E-state index is -0.992. The van der Waals surface area contributed by atoms with Gasteiger partial charge in [-0.1, -0.05) is 12.1 Å². The van der Waals surface area contributed by atoms with Gasteiger partial charge in [0.25, 0.3) is 0 Å². The first-order chi connectivity index (χ1) is 8.20. The molecule has 0 saturated carbocycles. The quantitative estimate of drug-likeness (QED) is 0.585. The molecule has 0 bridgehead atoms. The molecule has 1 aromatic carbocycles. The molecule has 1 unspecified atom stereocenters. The zero-order chi connectivity index (χ0) is 12.3. The Labute approximate surface area is 97.5 Å². The molecule has 0 spiro atoms. The van der Waals surface area contributed by atoms with Crippen LogP contribution in [0.1, 0.15) is 0 Å². The number of carbonyl (C=O) groups excluding carboxylic acids is 1. The van der Waals surface area contributed by atoms with Gasteiger partial charge in [0.05, 0.1) is 12.3 Å². The Morgan fingerprint density at radius 1 is 1.41 bits per heavy atom. The SMILES string of the molecule is O=C1Nc2ccccc2N(OCC(O)CO)N1. The predicted molar refractivity (Wildman–Crippen MR) is 60.1 cm³/mol. The third-order valence-electron chi connectivity index (χ3n) is 2.18. The summed E-state index contributed by atoms with van der Waals surface area (Å²) in [5.41, 5.74) is 3.65. The highest BCUT2D eigenvalue weighted by atomic mass is 16.7. The highest BCUT2D eigenvalue weighted by molar-refractivity contribution is 5.97. The molecule has 0 saturated heterocycles. The largest absolute Gasteiger partial charge is 0.394 e. The highest BCUT2D eigenvalue weighted by Gasteiger charge is 2.22. The van der Waals surface area contributed by atoms with Gasteiger partial charge >= 0.3 is 6.03 Å². The zero-order valence-corrected chi connectivity index (χ0v) is 8.96. The number of urea groups is 1. The molecule has 1 aliphatic heterocycles. The summed E-state index contributed by atoms with van der Waals surface area (Å²) in [5.74, 6) is 0. The van der Waals surface area contributed by atoms with E-state index in [1.807, 2.05) is 0 Å². The smallest absolute Gasteiger partial charge is 0.340 e. The summed E-state index contributed by atoms with van der Waals surface area (Å²) in [6.45, 7) is -0.521. The third kappa shape index (κ3) is 2.64. The van der Waals surface area contributed by atoms with Gasteiger partial charge in [0.1, 0.15) is 18.4 Å². The van der Waals surface area contributed by atoms with Crippen molar-refractivity contribution >= 4 is 17.4 Å². The summed E-state index contributed by atoms with van der Waals surface area (Å²) in [6.07, 6.45) is -0.992. The molecule has 0 aromatic heterocycles. The van der Waals surface area contributed by atoms with Crippen LogP contribution >= 0.6 is 0 Å². The second-order valence-electron chi connectivity index (χ2n) is 3.51. The van der Waals surface area contributed by atoms with E-state index in [-0.39, 0.29) is 6.61 Å². The second-order valence-corrected chi connectivity index (χ2v) is 3.51. The van der Waals surface area contributed by atoms with Crippen molar-refractivity contribution in [1.82, 2.24) is 5.43 Å². The molecule has 7 heteroatoms. The molecule has 7 nitrogen and oxygen atoms in total. The molecule has 0 fully saturated rings. The van der Waals surface area contributed by atoms with Gasteiger partial charge in [-0.3, -0.25) is 4.84 Å². The lowest BCUT2D eigenvalue weighted by Gasteiger charge is -2.30. The van der Waals surface area contributed by atoms with E-state index < -0.39 is 18.7 Å². The lowest BCUT2D eigenvalue weighted by molar-refractivity contribution is -0.0106. The lowest BCUT2D eigenvalue weighted by Crippen LogP contribution is -2.49. The predicted octanol–water partition coefficient (Wildman–Crippen LogP) is -0.172. The summed E-state index contributed by atoms with van der Waals surface area (Å²) in [4.78, 5) is 16.5. The fourth-order valence-corrected chi connectivity index (χ4v) is 1.37. The molecule has 4 N–H and O–H groups in total. The molecule has 17 heavy (non-hydrogen) atoms. The van der Waals surface area contributed by atoms with Crippen molar-refractivity contribution in [3.63, 3.8) is 0 Å². The standard InChI is InChI=1S/C10H13N3O4/c14-5-7(15)6-17-13-9-4-2-1-3-8(9)11-10(16)12-13/h1-4,7,14-15H,5-6H2,(H2,11,12,16). The minimum Gasteiger partial charge on any atom is -0.394 e. The van der Waals surface area contributed by atoms with E-state index in [9.17, 15) is 9.90 Å². The zero-order valence-electron chi connectivity index (χ0n) is 8.96. The monoisotopic (exact) mass is 239 g/mol. The van der Waals surface area contributed by atoms with E-state index in [2.05, 4.69) is 10.7 Å². The molecular formula is C10H13N3O4. The van der Waals surface area contributed by atoms with E-state index in [4.69, 9.17) is 9.94 Å². The molecule has 92 valence electrons. The van der Waals surface area contributed by atoms with E-state index >= 15 is 0 Å². The van der Waals surface area contributed by atoms with Crippen LogP contribution in [0.25, 0.3) is 0 Å². The van der Waals surface area contributed by atoms with Gasteiger partial charge in [-0.25, -0.2) is 10.2 Å². The van der Waals surface area contributed by atoms with Crippen LogP contribution in [0.2, 0.25) is 0 Å². The van der Waals surface area contributed by atoms with Gasteiger partial charge in [-0.15, -0.1) is 0 Å². The van der Waals surface area contributed by atoms with Crippen molar-refractivity contribution in [2.75, 3.05) is 23.7 Å². The van der Waals surface area contributed by atoms with E-state index in [0.29, 0.717) is 11.4 Å². The number of amides is 2. The lowest BCUT2D eigenvalue weighted by atomic mass is 10.2. The number of anilines is 2. The number of fused-ring (bicyclic) bond motifs is 1. The van der Waals surface area contributed by atoms with Crippen molar-refractivity contribution in [2.24, 2.45) is 0 Å². The Morgan fingerprint density at radius 3 is 2.94 bits per heavy atom. The number of nitrogens with one attached hydrogen (secondary N) is 2. The van der Waals surface area contributed by atoms with Crippen LogP contribution in [0, 0.1) is 0 Å². The van der Waals surface area contributed by atoms with Crippen LogP contribution in [0.3, 0.4) is 0 Å². The summed E-state index contributed by atoms with van der Waals surface area (Å²) in [6, 6.07) is 6.62. The van der Waals surface area contributed by atoms with Crippen LogP contribution in [-0.2, 0) is 4.84 Å². The van der Waals surface area contributed by atoms with Crippen molar-refractivity contribution in [2.45, 2.75) is 6.10 Å². The number of aliphatic hydroxyl groups is 2. The van der Waals surface area contributed by atoms with Gasteiger partial charge in [-0.2, -0.15) is 5.17 Å². The fourth-order valence-electron chi connectivity index (χ4n) is 1.37. The summed E-state index contributed by atoms with van der Waals surface area (Å²) < 4.78 is 0. The maximum atomic E-state index is 11.3. The van der Waals surface area contributed by atoms with Crippen LogP contribution < -0.4 is 15.9 Å². The molecule has 0 aliphatic carbocycles. The number of hydrogen-bond acceptors (Lipinski definition) is 5. The maximum Gasteiger partial charge on any atom is 0.340 e. The summed E-state index contributed by atoms with van der Waals surface area (Å²) >= 11 is 0. The Hall–Kier alpha value is -1.83. The molecule has 1 heterocycles. The average molecular weight is 239 g/mol. The van der Waals surface area contributed by atoms with Gasteiger partial charge in [-0.05, 0) is 12.1 Å². The number of rotatable bonds is 4. The Bertz CT molecular complexity index is 412. The average Bonchev–Trinajstić information content (AvgIpc) is 2.35. The Kier molecular flexibility index (Phi) is 3.43. The molecule has 0 radical (unpaired) electrons. The molecular weight excluding hydrogens is 226 g/mol. The highest BCUT2D eigenvalue weighted by Crippen LogP contribution is 2.27.